The Bertz CT molecular complexity index is 462. The van der Waals surface area contributed by atoms with Gasteiger partial charge in [0.2, 0.25) is 0 Å². The number of benzene rings is 1. The first-order chi connectivity index (χ1) is 8.81. The Balaban J connectivity index is 2.12. The fourth-order valence-corrected chi connectivity index (χ4v) is 3.76. The molecule has 0 aliphatic carbocycles. The molecular weight excluding hydrogens is 292 g/mol. The van der Waals surface area contributed by atoms with Gasteiger partial charge in [0.05, 0.1) is 12.2 Å². The van der Waals surface area contributed by atoms with Gasteiger partial charge in [-0.3, -0.25) is 0 Å². The molecule has 18 heavy (non-hydrogen) atoms. The third-order valence-corrected chi connectivity index (χ3v) is 4.69. The lowest BCUT2D eigenvalue weighted by atomic mass is 10.0. The fraction of sp³-hybridized carbons (Fsp3) is 0.571. The predicted molar refractivity (Wildman–Crippen MR) is 77.8 cm³/mol. The summed E-state index contributed by atoms with van der Waals surface area (Å²) in [7, 11) is 0. The van der Waals surface area contributed by atoms with Crippen LogP contribution in [0.3, 0.4) is 0 Å². The summed E-state index contributed by atoms with van der Waals surface area (Å²) in [5.41, 5.74) is 4.15. The zero-order valence-corrected chi connectivity index (χ0v) is 12.3. The Labute approximate surface area is 117 Å². The van der Waals surface area contributed by atoms with E-state index in [9.17, 15) is 0 Å². The van der Waals surface area contributed by atoms with Crippen LogP contribution in [-0.2, 0) is 12.8 Å². The molecule has 0 unspecified atom stereocenters. The van der Waals surface area contributed by atoms with Crippen LogP contribution in [0.2, 0.25) is 0 Å². The van der Waals surface area contributed by atoms with Crippen molar-refractivity contribution < 1.29 is 4.74 Å². The predicted octanol–water partition coefficient (Wildman–Crippen LogP) is 2.36. The minimum Gasteiger partial charge on any atom is -0.490 e. The first-order valence-electron chi connectivity index (χ1n) is 6.74. The number of nitrogens with one attached hydrogen (secondary N) is 1. The van der Waals surface area contributed by atoms with Crippen molar-refractivity contribution in [3.05, 3.63) is 21.7 Å². The van der Waals surface area contributed by atoms with Crippen LogP contribution < -0.4 is 15.0 Å². The van der Waals surface area contributed by atoms with Gasteiger partial charge in [-0.25, -0.2) is 0 Å². The average molecular weight is 311 g/mol. The number of ether oxygens (including phenoxy) is 1. The van der Waals surface area contributed by atoms with Crippen molar-refractivity contribution >= 4 is 21.6 Å². The molecule has 98 valence electrons. The highest BCUT2D eigenvalue weighted by Gasteiger charge is 2.24. The Morgan fingerprint density at radius 1 is 1.39 bits per heavy atom. The molecule has 0 amide bonds. The van der Waals surface area contributed by atoms with Crippen molar-refractivity contribution in [2.24, 2.45) is 0 Å². The molecule has 3 rings (SSSR count). The number of halogens is 1. The monoisotopic (exact) mass is 310 g/mol. The van der Waals surface area contributed by atoms with Crippen molar-refractivity contribution in [3.63, 3.8) is 0 Å². The maximum atomic E-state index is 5.85. The summed E-state index contributed by atoms with van der Waals surface area (Å²) in [6, 6.07) is 2.25. The van der Waals surface area contributed by atoms with Crippen LogP contribution in [0.5, 0.6) is 5.75 Å². The van der Waals surface area contributed by atoms with Crippen LogP contribution in [-0.4, -0.2) is 32.8 Å². The summed E-state index contributed by atoms with van der Waals surface area (Å²) < 4.78 is 7.10. The Kier molecular flexibility index (Phi) is 3.48. The normalized spacial score (nSPS) is 18.7. The van der Waals surface area contributed by atoms with Crippen LogP contribution in [0.25, 0.3) is 0 Å². The Morgan fingerprint density at radius 3 is 3.06 bits per heavy atom. The van der Waals surface area contributed by atoms with E-state index in [0.29, 0.717) is 0 Å². The summed E-state index contributed by atoms with van der Waals surface area (Å²) in [4.78, 5) is 2.40. The van der Waals surface area contributed by atoms with Crippen molar-refractivity contribution in [1.82, 2.24) is 5.32 Å². The average Bonchev–Trinajstić information content (AvgIpc) is 2.63. The van der Waals surface area contributed by atoms with Gasteiger partial charge in [-0.15, -0.1) is 0 Å². The number of likely N-dealkylation sites (N-methyl/N-ethyl adjacent to an activating group) is 1. The van der Waals surface area contributed by atoms with Gasteiger partial charge in [-0.1, -0.05) is 0 Å². The number of rotatable bonds is 1. The molecule has 0 saturated heterocycles. The molecule has 0 radical (unpaired) electrons. The standard InChI is InChI=1S/C14H19BrN2O/c1-2-17-7-8-18-12-9-10-3-5-16-6-4-11(10)13(15)14(12)17/h9,16H,2-8H2,1H3. The van der Waals surface area contributed by atoms with Crippen molar-refractivity contribution in [1.29, 1.82) is 0 Å². The second kappa shape index (κ2) is 5.10. The molecule has 0 spiro atoms. The zero-order valence-electron chi connectivity index (χ0n) is 10.8. The molecular formula is C14H19BrN2O. The third-order valence-electron chi connectivity index (χ3n) is 3.84. The molecule has 0 aromatic heterocycles. The summed E-state index contributed by atoms with van der Waals surface area (Å²) in [6.45, 7) is 7.15. The summed E-state index contributed by atoms with van der Waals surface area (Å²) >= 11 is 3.82. The minimum atomic E-state index is 0.796. The molecule has 1 aromatic rings. The number of anilines is 1. The van der Waals surface area contributed by atoms with E-state index in [1.165, 1.54) is 21.3 Å². The van der Waals surface area contributed by atoms with E-state index in [-0.39, 0.29) is 0 Å². The highest BCUT2D eigenvalue weighted by atomic mass is 79.9. The number of fused-ring (bicyclic) bond motifs is 2. The minimum absolute atomic E-state index is 0.796. The van der Waals surface area contributed by atoms with E-state index in [2.05, 4.69) is 39.1 Å². The summed E-state index contributed by atoms with van der Waals surface area (Å²) in [5, 5.41) is 3.46. The highest BCUT2D eigenvalue weighted by Crippen LogP contribution is 2.42. The second-order valence-electron chi connectivity index (χ2n) is 4.85. The molecule has 0 saturated carbocycles. The maximum absolute atomic E-state index is 5.85. The van der Waals surface area contributed by atoms with E-state index in [0.717, 1.165) is 51.4 Å². The smallest absolute Gasteiger partial charge is 0.144 e. The maximum Gasteiger partial charge on any atom is 0.144 e. The number of hydrogen-bond donors (Lipinski definition) is 1. The van der Waals surface area contributed by atoms with Gasteiger partial charge in [0.1, 0.15) is 12.4 Å². The largest absolute Gasteiger partial charge is 0.490 e. The van der Waals surface area contributed by atoms with Crippen LogP contribution >= 0.6 is 15.9 Å². The van der Waals surface area contributed by atoms with Crippen molar-refractivity contribution in [2.45, 2.75) is 19.8 Å². The van der Waals surface area contributed by atoms with Crippen LogP contribution in [0.1, 0.15) is 18.1 Å². The number of nitrogens with zero attached hydrogens (tertiary/aromatic N) is 1. The molecule has 2 heterocycles. The van der Waals surface area contributed by atoms with Crippen molar-refractivity contribution in [2.75, 3.05) is 37.7 Å². The topological polar surface area (TPSA) is 24.5 Å². The highest BCUT2D eigenvalue weighted by molar-refractivity contribution is 9.10. The van der Waals surface area contributed by atoms with Crippen molar-refractivity contribution in [3.8, 4) is 5.75 Å². The summed E-state index contributed by atoms with van der Waals surface area (Å²) in [6.07, 6.45) is 2.19. The van der Waals surface area contributed by atoms with Gasteiger partial charge in [-0.05, 0) is 66.0 Å². The molecule has 3 nitrogen and oxygen atoms in total. The molecule has 4 heteroatoms. The quantitative estimate of drug-likeness (QED) is 0.862. The molecule has 2 aliphatic rings. The molecule has 1 aromatic carbocycles. The Hall–Kier alpha value is -0.740. The lowest BCUT2D eigenvalue weighted by Gasteiger charge is -2.32. The summed E-state index contributed by atoms with van der Waals surface area (Å²) in [5.74, 6) is 1.05. The SMILES string of the molecule is CCN1CCOc2cc3c(c(Br)c21)CCNCC3. The Morgan fingerprint density at radius 2 is 2.22 bits per heavy atom. The molecule has 0 fully saturated rings. The first kappa shape index (κ1) is 12.3. The lowest BCUT2D eigenvalue weighted by Crippen LogP contribution is -2.33. The van der Waals surface area contributed by atoms with E-state index in [4.69, 9.17) is 4.74 Å². The van der Waals surface area contributed by atoms with E-state index < -0.39 is 0 Å². The molecule has 0 atom stereocenters. The third kappa shape index (κ3) is 2.01. The van der Waals surface area contributed by atoms with Crippen LogP contribution in [0, 0.1) is 0 Å². The number of hydrogen-bond acceptors (Lipinski definition) is 3. The van der Waals surface area contributed by atoms with Gasteiger partial charge >= 0.3 is 0 Å². The molecule has 2 aliphatic heterocycles. The van der Waals surface area contributed by atoms with Crippen LogP contribution in [0.4, 0.5) is 5.69 Å². The molecule has 0 bridgehead atoms. The van der Waals surface area contributed by atoms with E-state index >= 15 is 0 Å². The fourth-order valence-electron chi connectivity index (χ4n) is 2.86. The van der Waals surface area contributed by atoms with E-state index in [1.54, 1.807) is 0 Å². The van der Waals surface area contributed by atoms with Crippen LogP contribution in [0.15, 0.2) is 10.5 Å². The van der Waals surface area contributed by atoms with Gasteiger partial charge in [0.15, 0.2) is 0 Å². The van der Waals surface area contributed by atoms with E-state index in [1.807, 2.05) is 0 Å². The zero-order chi connectivity index (χ0) is 12.5. The first-order valence-corrected chi connectivity index (χ1v) is 7.53. The van der Waals surface area contributed by atoms with Gasteiger partial charge < -0.3 is 15.0 Å². The van der Waals surface area contributed by atoms with Gasteiger partial charge in [0.25, 0.3) is 0 Å². The lowest BCUT2D eigenvalue weighted by molar-refractivity contribution is 0.307. The second-order valence-corrected chi connectivity index (χ2v) is 5.65. The van der Waals surface area contributed by atoms with Gasteiger partial charge in [0, 0.05) is 11.0 Å². The van der Waals surface area contributed by atoms with Gasteiger partial charge in [-0.2, -0.15) is 0 Å². The molecule has 1 N–H and O–H groups in total.